The van der Waals surface area contributed by atoms with Gasteiger partial charge in [-0.25, -0.2) is 0 Å². The smallest absolute Gasteiger partial charge is 0.137 e. The van der Waals surface area contributed by atoms with E-state index in [9.17, 15) is 0 Å². The number of hydrogen-bond donors (Lipinski definition) is 1. The van der Waals surface area contributed by atoms with Gasteiger partial charge >= 0.3 is 0 Å². The monoisotopic (exact) mass is 261 g/mol. The number of halogens is 2. The zero-order chi connectivity index (χ0) is 10.7. The van der Waals surface area contributed by atoms with E-state index >= 15 is 0 Å². The van der Waals surface area contributed by atoms with Crippen molar-refractivity contribution in [2.75, 3.05) is 19.7 Å². The van der Waals surface area contributed by atoms with Crippen LogP contribution in [0.2, 0.25) is 5.02 Å². The summed E-state index contributed by atoms with van der Waals surface area (Å²) in [5.41, 5.74) is 1.16. The van der Waals surface area contributed by atoms with Crippen LogP contribution in [0, 0.1) is 12.8 Å². The minimum Gasteiger partial charge on any atom is -0.492 e. The molecule has 1 unspecified atom stereocenters. The Morgan fingerprint density at radius 2 is 2.31 bits per heavy atom. The van der Waals surface area contributed by atoms with Gasteiger partial charge < -0.3 is 10.1 Å². The third-order valence-corrected chi connectivity index (χ3v) is 3.02. The predicted octanol–water partition coefficient (Wildman–Crippen LogP) is 3.06. The van der Waals surface area contributed by atoms with E-state index in [0.29, 0.717) is 10.9 Å². The lowest BCUT2D eigenvalue weighted by Gasteiger charge is -2.12. The molecule has 1 saturated heterocycles. The highest BCUT2D eigenvalue weighted by molar-refractivity contribution is 6.32. The maximum atomic E-state index is 6.07. The van der Waals surface area contributed by atoms with E-state index in [1.54, 1.807) is 0 Å². The third kappa shape index (κ3) is 3.55. The largest absolute Gasteiger partial charge is 0.492 e. The Bertz CT molecular complexity index is 338. The minimum atomic E-state index is 0. The number of ether oxygens (including phenoxy) is 1. The van der Waals surface area contributed by atoms with Gasteiger partial charge in [-0.15, -0.1) is 12.4 Å². The summed E-state index contributed by atoms with van der Waals surface area (Å²) in [6.45, 7) is 4.95. The second kappa shape index (κ2) is 6.33. The average molecular weight is 262 g/mol. The first-order valence-electron chi connectivity index (χ1n) is 5.35. The molecule has 16 heavy (non-hydrogen) atoms. The predicted molar refractivity (Wildman–Crippen MR) is 69.9 cm³/mol. The zero-order valence-corrected chi connectivity index (χ0v) is 10.9. The van der Waals surface area contributed by atoms with Gasteiger partial charge in [0.05, 0.1) is 11.6 Å². The van der Waals surface area contributed by atoms with Crippen LogP contribution in [-0.2, 0) is 0 Å². The molecule has 0 amide bonds. The van der Waals surface area contributed by atoms with Gasteiger partial charge in [-0.05, 0) is 37.6 Å². The number of aryl methyl sites for hydroxylation is 1. The van der Waals surface area contributed by atoms with E-state index in [2.05, 4.69) is 5.32 Å². The summed E-state index contributed by atoms with van der Waals surface area (Å²) < 4.78 is 5.70. The standard InChI is InChI=1S/C12H16ClNO.ClH/c1-9-2-3-12(11(13)6-9)15-8-10-4-5-14-7-10;/h2-3,6,10,14H,4-5,7-8H2,1H3;1H. The second-order valence-electron chi connectivity index (χ2n) is 4.10. The Hall–Kier alpha value is -0.440. The van der Waals surface area contributed by atoms with Crippen LogP contribution in [0.4, 0.5) is 0 Å². The van der Waals surface area contributed by atoms with Crippen molar-refractivity contribution in [2.24, 2.45) is 5.92 Å². The molecule has 4 heteroatoms. The maximum Gasteiger partial charge on any atom is 0.137 e. The molecule has 1 aliphatic rings. The van der Waals surface area contributed by atoms with E-state index in [1.165, 1.54) is 6.42 Å². The molecule has 2 rings (SSSR count). The summed E-state index contributed by atoms with van der Waals surface area (Å²) in [7, 11) is 0. The average Bonchev–Trinajstić information content (AvgIpc) is 2.69. The van der Waals surface area contributed by atoms with Crippen molar-refractivity contribution in [3.63, 3.8) is 0 Å². The molecular weight excluding hydrogens is 245 g/mol. The van der Waals surface area contributed by atoms with Crippen LogP contribution in [0.15, 0.2) is 18.2 Å². The van der Waals surface area contributed by atoms with Crippen molar-refractivity contribution >= 4 is 24.0 Å². The normalized spacial score (nSPS) is 19.2. The summed E-state index contributed by atoms with van der Waals surface area (Å²) in [4.78, 5) is 0. The molecule has 2 nitrogen and oxygen atoms in total. The third-order valence-electron chi connectivity index (χ3n) is 2.72. The van der Waals surface area contributed by atoms with Gasteiger partial charge in [-0.3, -0.25) is 0 Å². The minimum absolute atomic E-state index is 0. The molecule has 90 valence electrons. The van der Waals surface area contributed by atoms with Crippen molar-refractivity contribution < 1.29 is 4.74 Å². The highest BCUT2D eigenvalue weighted by Crippen LogP contribution is 2.25. The molecule has 0 aromatic heterocycles. The Balaban J connectivity index is 0.00000128. The van der Waals surface area contributed by atoms with Gasteiger partial charge in [0.1, 0.15) is 5.75 Å². The molecule has 1 aromatic carbocycles. The molecule has 0 aliphatic carbocycles. The molecule has 1 N–H and O–H groups in total. The molecule has 0 saturated carbocycles. The van der Waals surface area contributed by atoms with E-state index in [4.69, 9.17) is 16.3 Å². The van der Waals surface area contributed by atoms with Gasteiger partial charge in [-0.2, -0.15) is 0 Å². The fraction of sp³-hybridized carbons (Fsp3) is 0.500. The Morgan fingerprint density at radius 3 is 2.94 bits per heavy atom. The number of hydrogen-bond acceptors (Lipinski definition) is 2. The molecular formula is C12H17Cl2NO. The van der Waals surface area contributed by atoms with E-state index < -0.39 is 0 Å². The first-order valence-corrected chi connectivity index (χ1v) is 5.73. The van der Waals surface area contributed by atoms with Gasteiger partial charge in [0.25, 0.3) is 0 Å². The number of benzene rings is 1. The van der Waals surface area contributed by atoms with E-state index in [-0.39, 0.29) is 12.4 Å². The van der Waals surface area contributed by atoms with Crippen LogP contribution in [0.1, 0.15) is 12.0 Å². The van der Waals surface area contributed by atoms with Crippen molar-refractivity contribution in [3.05, 3.63) is 28.8 Å². The number of rotatable bonds is 3. The van der Waals surface area contributed by atoms with Crippen molar-refractivity contribution in [1.29, 1.82) is 0 Å². The van der Waals surface area contributed by atoms with Gasteiger partial charge in [0.2, 0.25) is 0 Å². The molecule has 0 spiro atoms. The lowest BCUT2D eigenvalue weighted by molar-refractivity contribution is 0.260. The highest BCUT2D eigenvalue weighted by Gasteiger charge is 2.15. The van der Waals surface area contributed by atoms with E-state index in [1.807, 2.05) is 25.1 Å². The SMILES string of the molecule is Cc1ccc(OCC2CCNC2)c(Cl)c1.Cl. The quantitative estimate of drug-likeness (QED) is 0.903. The van der Waals surface area contributed by atoms with Crippen LogP contribution in [0.5, 0.6) is 5.75 Å². The van der Waals surface area contributed by atoms with Gasteiger partial charge in [-0.1, -0.05) is 17.7 Å². The summed E-state index contributed by atoms with van der Waals surface area (Å²) in [6, 6.07) is 5.90. The first kappa shape index (κ1) is 13.6. The van der Waals surface area contributed by atoms with Crippen LogP contribution in [-0.4, -0.2) is 19.7 Å². The Kier molecular flexibility index (Phi) is 5.39. The molecule has 1 fully saturated rings. The topological polar surface area (TPSA) is 21.3 Å². The summed E-state index contributed by atoms with van der Waals surface area (Å²) in [6.07, 6.45) is 1.20. The second-order valence-corrected chi connectivity index (χ2v) is 4.51. The van der Waals surface area contributed by atoms with Gasteiger partial charge in [0, 0.05) is 12.5 Å². The maximum absolute atomic E-state index is 6.07. The van der Waals surface area contributed by atoms with Crippen molar-refractivity contribution in [2.45, 2.75) is 13.3 Å². The van der Waals surface area contributed by atoms with Crippen molar-refractivity contribution in [3.8, 4) is 5.75 Å². The fourth-order valence-corrected chi connectivity index (χ4v) is 2.08. The molecule has 0 radical (unpaired) electrons. The van der Waals surface area contributed by atoms with Crippen LogP contribution >= 0.6 is 24.0 Å². The summed E-state index contributed by atoms with van der Waals surface area (Å²) >= 11 is 6.07. The zero-order valence-electron chi connectivity index (χ0n) is 9.33. The molecule has 1 aromatic rings. The Morgan fingerprint density at radius 1 is 1.50 bits per heavy atom. The highest BCUT2D eigenvalue weighted by atomic mass is 35.5. The first-order chi connectivity index (χ1) is 7.25. The van der Waals surface area contributed by atoms with Crippen LogP contribution in [0.3, 0.4) is 0 Å². The molecule has 1 atom stereocenters. The molecule has 1 heterocycles. The van der Waals surface area contributed by atoms with Crippen LogP contribution in [0.25, 0.3) is 0 Å². The van der Waals surface area contributed by atoms with Crippen molar-refractivity contribution in [1.82, 2.24) is 5.32 Å². The lowest BCUT2D eigenvalue weighted by Crippen LogP contribution is -2.15. The molecule has 0 bridgehead atoms. The Labute approximate surface area is 108 Å². The summed E-state index contributed by atoms with van der Waals surface area (Å²) in [5, 5.41) is 4.03. The van der Waals surface area contributed by atoms with Crippen LogP contribution < -0.4 is 10.1 Å². The van der Waals surface area contributed by atoms with E-state index in [0.717, 1.165) is 31.0 Å². The van der Waals surface area contributed by atoms with Gasteiger partial charge in [0.15, 0.2) is 0 Å². The fourth-order valence-electron chi connectivity index (χ4n) is 1.79. The number of nitrogens with one attached hydrogen (secondary N) is 1. The molecule has 1 aliphatic heterocycles. The summed E-state index contributed by atoms with van der Waals surface area (Å²) in [5.74, 6) is 1.43. The lowest BCUT2D eigenvalue weighted by atomic mass is 10.1.